The first-order valence-corrected chi connectivity index (χ1v) is 7.91. The third kappa shape index (κ3) is 4.36. The van der Waals surface area contributed by atoms with Gasteiger partial charge in [0.1, 0.15) is 0 Å². The lowest BCUT2D eigenvalue weighted by Crippen LogP contribution is -2.43. The molecule has 122 valence electrons. The highest BCUT2D eigenvalue weighted by atomic mass is 32.1. The molecule has 1 fully saturated rings. The minimum Gasteiger partial charge on any atom is -0.395 e. The Morgan fingerprint density at radius 2 is 1.82 bits per heavy atom. The van der Waals surface area contributed by atoms with Gasteiger partial charge in [-0.05, 0) is 18.2 Å². The number of anilines is 1. The van der Waals surface area contributed by atoms with Crippen molar-refractivity contribution in [3.05, 3.63) is 23.8 Å². The zero-order valence-corrected chi connectivity index (χ0v) is 13.4. The van der Waals surface area contributed by atoms with Crippen LogP contribution in [-0.4, -0.2) is 73.5 Å². The Labute approximate surface area is 136 Å². The number of carbonyl (C=O) groups excluding carboxylic acids is 1. The van der Waals surface area contributed by atoms with Crippen LogP contribution in [0.4, 0.5) is 5.69 Å². The van der Waals surface area contributed by atoms with Gasteiger partial charge >= 0.3 is 0 Å². The molecule has 1 aliphatic rings. The van der Waals surface area contributed by atoms with Gasteiger partial charge in [-0.3, -0.25) is 4.79 Å². The Morgan fingerprint density at radius 3 is 2.41 bits per heavy atom. The quantitative estimate of drug-likeness (QED) is 0.546. The number of rotatable bonds is 6. The first-order chi connectivity index (χ1) is 10.7. The topological polar surface area (TPSA) is 76.0 Å². The molecule has 1 aromatic carbocycles. The lowest BCUT2D eigenvalue weighted by Gasteiger charge is -2.30. The van der Waals surface area contributed by atoms with Gasteiger partial charge in [-0.1, -0.05) is 0 Å². The Morgan fingerprint density at radius 1 is 1.18 bits per heavy atom. The summed E-state index contributed by atoms with van der Waals surface area (Å²) in [6.07, 6.45) is 0. The Kier molecular flexibility index (Phi) is 6.50. The van der Waals surface area contributed by atoms with E-state index in [9.17, 15) is 4.79 Å². The molecule has 1 aromatic rings. The number of aliphatic hydroxyl groups excluding tert-OH is 2. The molecule has 1 amide bonds. The lowest BCUT2D eigenvalue weighted by atomic mass is 10.1. The smallest absolute Gasteiger partial charge is 0.254 e. The van der Waals surface area contributed by atoms with Crippen molar-refractivity contribution in [1.82, 2.24) is 10.2 Å². The van der Waals surface area contributed by atoms with E-state index in [2.05, 4.69) is 22.8 Å². The molecule has 2 rings (SSSR count). The minimum absolute atomic E-state index is 0.128. The van der Waals surface area contributed by atoms with Crippen LogP contribution in [-0.2, 0) is 0 Å². The summed E-state index contributed by atoms with van der Waals surface area (Å²) in [6.45, 7) is 3.78. The molecular weight excluding hydrogens is 302 g/mol. The maximum atomic E-state index is 12.6. The molecule has 0 aromatic heterocycles. The van der Waals surface area contributed by atoms with Crippen molar-refractivity contribution >= 4 is 24.2 Å². The summed E-state index contributed by atoms with van der Waals surface area (Å²) >= 11 is 4.40. The van der Waals surface area contributed by atoms with Gasteiger partial charge in [-0.15, -0.1) is 12.6 Å². The van der Waals surface area contributed by atoms with Gasteiger partial charge in [0.05, 0.1) is 13.2 Å². The molecule has 0 unspecified atom stereocenters. The highest BCUT2D eigenvalue weighted by molar-refractivity contribution is 7.80. The summed E-state index contributed by atoms with van der Waals surface area (Å²) in [4.78, 5) is 16.9. The van der Waals surface area contributed by atoms with Crippen LogP contribution >= 0.6 is 12.6 Å². The molecule has 0 bridgehead atoms. The molecule has 0 saturated carbocycles. The van der Waals surface area contributed by atoms with E-state index in [1.54, 1.807) is 6.07 Å². The fourth-order valence-electron chi connectivity index (χ4n) is 2.56. The highest BCUT2D eigenvalue weighted by Gasteiger charge is 2.18. The summed E-state index contributed by atoms with van der Waals surface area (Å²) in [5, 5.41) is 21.4. The van der Waals surface area contributed by atoms with E-state index < -0.39 is 0 Å². The Balaban J connectivity index is 2.22. The average Bonchev–Trinajstić information content (AvgIpc) is 2.54. The van der Waals surface area contributed by atoms with Crippen molar-refractivity contribution in [3.63, 3.8) is 0 Å². The minimum atomic E-state index is -0.199. The molecule has 6 nitrogen and oxygen atoms in total. The van der Waals surface area contributed by atoms with E-state index >= 15 is 0 Å². The maximum absolute atomic E-state index is 12.6. The molecule has 0 spiro atoms. The summed E-state index contributed by atoms with van der Waals surface area (Å²) in [5.41, 5.74) is 1.51. The van der Waals surface area contributed by atoms with E-state index in [4.69, 9.17) is 10.2 Å². The van der Waals surface area contributed by atoms with Gasteiger partial charge in [-0.25, -0.2) is 0 Å². The predicted molar refractivity (Wildman–Crippen MR) is 88.9 cm³/mol. The second-order valence-electron chi connectivity index (χ2n) is 5.21. The molecule has 0 aliphatic carbocycles. The number of thiol groups is 1. The van der Waals surface area contributed by atoms with Crippen LogP contribution in [0, 0.1) is 0 Å². The fraction of sp³-hybridized carbons (Fsp3) is 0.533. The third-order valence-corrected chi connectivity index (χ3v) is 3.92. The van der Waals surface area contributed by atoms with Gasteiger partial charge in [0.25, 0.3) is 5.91 Å². The van der Waals surface area contributed by atoms with E-state index in [1.165, 1.54) is 4.90 Å². The summed E-state index contributed by atoms with van der Waals surface area (Å²) in [7, 11) is 0. The first-order valence-electron chi connectivity index (χ1n) is 7.46. The number of benzene rings is 1. The molecule has 1 saturated heterocycles. The summed E-state index contributed by atoms with van der Waals surface area (Å²) < 4.78 is 0. The van der Waals surface area contributed by atoms with E-state index in [1.807, 2.05) is 12.1 Å². The monoisotopic (exact) mass is 325 g/mol. The molecule has 7 heteroatoms. The van der Waals surface area contributed by atoms with Crippen LogP contribution < -0.4 is 10.2 Å². The zero-order chi connectivity index (χ0) is 15.9. The van der Waals surface area contributed by atoms with Crippen molar-refractivity contribution in [3.8, 4) is 0 Å². The Bertz CT molecular complexity index is 501. The molecule has 0 atom stereocenters. The number of hydrogen-bond acceptors (Lipinski definition) is 6. The molecule has 22 heavy (non-hydrogen) atoms. The van der Waals surface area contributed by atoms with Gasteiger partial charge in [0, 0.05) is 55.4 Å². The van der Waals surface area contributed by atoms with Crippen LogP contribution in [0.1, 0.15) is 10.4 Å². The van der Waals surface area contributed by atoms with Crippen molar-refractivity contribution in [2.24, 2.45) is 0 Å². The normalized spacial score (nSPS) is 15.0. The van der Waals surface area contributed by atoms with Crippen LogP contribution in [0.5, 0.6) is 0 Å². The van der Waals surface area contributed by atoms with Gasteiger partial charge in [0.15, 0.2) is 0 Å². The number of nitrogens with zero attached hydrogens (tertiary/aromatic N) is 2. The van der Waals surface area contributed by atoms with Crippen LogP contribution in [0.2, 0.25) is 0 Å². The van der Waals surface area contributed by atoms with Crippen molar-refractivity contribution in [2.45, 2.75) is 4.90 Å². The number of amides is 1. The van der Waals surface area contributed by atoms with Crippen molar-refractivity contribution in [2.75, 3.05) is 57.4 Å². The maximum Gasteiger partial charge on any atom is 0.254 e. The number of piperazine rings is 1. The molecule has 0 radical (unpaired) electrons. The number of aliphatic hydroxyl groups is 2. The van der Waals surface area contributed by atoms with E-state index in [0.29, 0.717) is 5.56 Å². The van der Waals surface area contributed by atoms with Crippen LogP contribution in [0.25, 0.3) is 0 Å². The van der Waals surface area contributed by atoms with Gasteiger partial charge < -0.3 is 25.3 Å². The zero-order valence-electron chi connectivity index (χ0n) is 12.5. The van der Waals surface area contributed by atoms with Crippen molar-refractivity contribution < 1.29 is 15.0 Å². The van der Waals surface area contributed by atoms with Crippen molar-refractivity contribution in [1.29, 1.82) is 0 Å². The standard InChI is InChI=1S/C15H23N3O3S/c19-7-5-18(6-8-20)15(21)12-9-13(11-14(22)10-12)17-3-1-16-2-4-17/h9-11,16,19-20,22H,1-8H2. The fourth-order valence-corrected chi connectivity index (χ4v) is 2.83. The first kappa shape index (κ1) is 17.1. The van der Waals surface area contributed by atoms with E-state index in [0.717, 1.165) is 36.8 Å². The molecular formula is C15H23N3O3S. The van der Waals surface area contributed by atoms with Gasteiger partial charge in [0.2, 0.25) is 0 Å². The van der Waals surface area contributed by atoms with Crippen LogP contribution in [0.15, 0.2) is 23.1 Å². The Hall–Kier alpha value is -1.28. The molecule has 1 heterocycles. The van der Waals surface area contributed by atoms with Crippen LogP contribution in [0.3, 0.4) is 0 Å². The highest BCUT2D eigenvalue weighted by Crippen LogP contribution is 2.23. The summed E-state index contributed by atoms with van der Waals surface area (Å²) in [6, 6.07) is 5.53. The largest absolute Gasteiger partial charge is 0.395 e. The number of carbonyl (C=O) groups is 1. The lowest BCUT2D eigenvalue weighted by molar-refractivity contribution is 0.0684. The second kappa shape index (κ2) is 8.38. The second-order valence-corrected chi connectivity index (χ2v) is 5.73. The molecule has 1 aliphatic heterocycles. The number of nitrogens with one attached hydrogen (secondary N) is 1. The third-order valence-electron chi connectivity index (χ3n) is 3.66. The SMILES string of the molecule is O=C(c1cc(S)cc(N2CCNCC2)c1)N(CCO)CCO. The molecule has 3 N–H and O–H groups in total. The average molecular weight is 325 g/mol. The number of hydrogen-bond donors (Lipinski definition) is 4. The summed E-state index contributed by atoms with van der Waals surface area (Å²) in [5.74, 6) is -0.199. The van der Waals surface area contributed by atoms with Gasteiger partial charge in [-0.2, -0.15) is 0 Å². The predicted octanol–water partition coefficient (Wildman–Crippen LogP) is -0.188. The van der Waals surface area contributed by atoms with E-state index in [-0.39, 0.29) is 32.2 Å².